The van der Waals surface area contributed by atoms with E-state index in [0.717, 1.165) is 16.9 Å². The summed E-state index contributed by atoms with van der Waals surface area (Å²) >= 11 is 0. The van der Waals surface area contributed by atoms with Crippen LogP contribution in [0.4, 0.5) is 5.82 Å². The van der Waals surface area contributed by atoms with Crippen molar-refractivity contribution in [1.29, 1.82) is 0 Å². The molecule has 1 aromatic carbocycles. The van der Waals surface area contributed by atoms with Gasteiger partial charge in [0, 0.05) is 51.1 Å². The fourth-order valence-electron chi connectivity index (χ4n) is 2.96. The van der Waals surface area contributed by atoms with Crippen molar-refractivity contribution in [2.24, 2.45) is 0 Å². The Hall–Kier alpha value is -2.45. The highest BCUT2D eigenvalue weighted by molar-refractivity contribution is 7.89. The predicted molar refractivity (Wildman–Crippen MR) is 111 cm³/mol. The van der Waals surface area contributed by atoms with Crippen LogP contribution in [0.25, 0.3) is 0 Å². The molecule has 0 unspecified atom stereocenters. The number of pyridine rings is 1. The lowest BCUT2D eigenvalue weighted by molar-refractivity contribution is 0.0950. The van der Waals surface area contributed by atoms with E-state index in [4.69, 9.17) is 0 Å². The molecule has 1 heterocycles. The minimum Gasteiger partial charge on any atom is -0.362 e. The Morgan fingerprint density at radius 2 is 1.82 bits per heavy atom. The molecule has 0 bridgehead atoms. The average Bonchev–Trinajstić information content (AvgIpc) is 2.67. The van der Waals surface area contributed by atoms with E-state index in [-0.39, 0.29) is 10.8 Å². The molecule has 28 heavy (non-hydrogen) atoms. The molecule has 0 saturated carbocycles. The molecular weight excluding hydrogens is 376 g/mol. The van der Waals surface area contributed by atoms with Crippen LogP contribution >= 0.6 is 0 Å². The Morgan fingerprint density at radius 3 is 2.43 bits per heavy atom. The van der Waals surface area contributed by atoms with E-state index in [9.17, 15) is 13.2 Å². The predicted octanol–water partition coefficient (Wildman–Crippen LogP) is 2.42. The Kier molecular flexibility index (Phi) is 7.15. The summed E-state index contributed by atoms with van der Waals surface area (Å²) in [6.07, 6.45) is 1.70. The largest absolute Gasteiger partial charge is 0.362 e. The van der Waals surface area contributed by atoms with Gasteiger partial charge in [0.1, 0.15) is 5.82 Å². The Morgan fingerprint density at radius 1 is 1.14 bits per heavy atom. The summed E-state index contributed by atoms with van der Waals surface area (Å²) in [6, 6.07) is 8.38. The fourth-order valence-corrected chi connectivity index (χ4v) is 4.45. The van der Waals surface area contributed by atoms with Crippen LogP contribution in [-0.4, -0.2) is 50.8 Å². The summed E-state index contributed by atoms with van der Waals surface area (Å²) in [5.74, 6) is 0.458. The molecule has 1 N–H and O–H groups in total. The van der Waals surface area contributed by atoms with E-state index < -0.39 is 10.0 Å². The quantitative estimate of drug-likeness (QED) is 0.731. The number of rotatable bonds is 8. The van der Waals surface area contributed by atoms with Crippen molar-refractivity contribution in [3.8, 4) is 0 Å². The first-order valence-corrected chi connectivity index (χ1v) is 10.7. The first-order valence-electron chi connectivity index (χ1n) is 9.22. The summed E-state index contributed by atoms with van der Waals surface area (Å²) in [5, 5.41) is 2.87. The van der Waals surface area contributed by atoms with Gasteiger partial charge in [0.25, 0.3) is 5.91 Å². The Labute approximate surface area is 167 Å². The Bertz CT molecular complexity index is 938. The van der Waals surface area contributed by atoms with Crippen molar-refractivity contribution < 1.29 is 13.2 Å². The second-order valence-electron chi connectivity index (χ2n) is 6.63. The average molecular weight is 405 g/mol. The highest BCUT2D eigenvalue weighted by Crippen LogP contribution is 2.20. The number of sulfonamides is 1. The summed E-state index contributed by atoms with van der Waals surface area (Å²) in [6.45, 7) is 6.42. The lowest BCUT2D eigenvalue weighted by Crippen LogP contribution is -2.31. The number of benzene rings is 1. The van der Waals surface area contributed by atoms with Crippen LogP contribution < -0.4 is 10.2 Å². The van der Waals surface area contributed by atoms with Gasteiger partial charge < -0.3 is 10.2 Å². The van der Waals surface area contributed by atoms with Gasteiger partial charge in [-0.2, -0.15) is 4.31 Å². The number of hydrogen-bond acceptors (Lipinski definition) is 5. The van der Waals surface area contributed by atoms with Crippen molar-refractivity contribution in [3.05, 3.63) is 53.2 Å². The van der Waals surface area contributed by atoms with Gasteiger partial charge in [-0.3, -0.25) is 4.79 Å². The number of hydrogen-bond donors (Lipinski definition) is 1. The second-order valence-corrected chi connectivity index (χ2v) is 8.57. The molecule has 7 nitrogen and oxygen atoms in total. The molecular formula is C20H28N4O3S. The number of aryl methyl sites for hydroxylation is 1. The number of aromatic nitrogens is 1. The first kappa shape index (κ1) is 21.8. The molecule has 0 radical (unpaired) electrons. The van der Waals surface area contributed by atoms with Crippen LogP contribution in [0.5, 0.6) is 0 Å². The van der Waals surface area contributed by atoms with Crippen molar-refractivity contribution in [1.82, 2.24) is 14.6 Å². The van der Waals surface area contributed by atoms with E-state index >= 15 is 0 Å². The van der Waals surface area contributed by atoms with Crippen LogP contribution in [0, 0.1) is 6.92 Å². The van der Waals surface area contributed by atoms with Gasteiger partial charge in [-0.15, -0.1) is 0 Å². The maximum atomic E-state index is 12.8. The van der Waals surface area contributed by atoms with E-state index in [1.54, 1.807) is 39.1 Å². The molecule has 0 saturated heterocycles. The van der Waals surface area contributed by atoms with Gasteiger partial charge in [0.05, 0.1) is 4.90 Å². The molecule has 2 aromatic rings. The third-order valence-corrected chi connectivity index (χ3v) is 6.57. The molecule has 0 fully saturated rings. The van der Waals surface area contributed by atoms with Crippen LogP contribution in [0.1, 0.15) is 35.3 Å². The minimum atomic E-state index is -3.62. The standard InChI is InChI=1S/C20H28N4O3S/c1-6-24(7-2)28(26,27)17-11-10-15(3)18(13-17)20(25)22-14-16-9-8-12-21-19(16)23(4)5/h8-13H,6-7,14H2,1-5H3,(H,22,25). The number of carbonyl (C=O) groups excluding carboxylic acids is 1. The van der Waals surface area contributed by atoms with E-state index in [1.165, 1.54) is 10.4 Å². The zero-order chi connectivity index (χ0) is 20.9. The van der Waals surface area contributed by atoms with Crippen molar-refractivity contribution in [2.75, 3.05) is 32.1 Å². The summed E-state index contributed by atoms with van der Waals surface area (Å²) in [5.41, 5.74) is 1.95. The molecule has 1 aromatic heterocycles. The smallest absolute Gasteiger partial charge is 0.251 e. The maximum absolute atomic E-state index is 12.8. The van der Waals surface area contributed by atoms with Crippen molar-refractivity contribution in [3.63, 3.8) is 0 Å². The number of amides is 1. The Balaban J connectivity index is 2.27. The van der Waals surface area contributed by atoms with E-state index in [0.29, 0.717) is 25.2 Å². The highest BCUT2D eigenvalue weighted by atomic mass is 32.2. The lowest BCUT2D eigenvalue weighted by atomic mass is 10.1. The molecule has 0 aliphatic heterocycles. The minimum absolute atomic E-state index is 0.127. The van der Waals surface area contributed by atoms with Gasteiger partial charge in [0.2, 0.25) is 10.0 Å². The SMILES string of the molecule is CCN(CC)S(=O)(=O)c1ccc(C)c(C(=O)NCc2cccnc2N(C)C)c1. The van der Waals surface area contributed by atoms with Crippen LogP contribution in [0.2, 0.25) is 0 Å². The lowest BCUT2D eigenvalue weighted by Gasteiger charge is -2.19. The molecule has 152 valence electrons. The third-order valence-electron chi connectivity index (χ3n) is 4.53. The summed E-state index contributed by atoms with van der Waals surface area (Å²) < 4.78 is 26.9. The van der Waals surface area contributed by atoms with Gasteiger partial charge in [0.15, 0.2) is 0 Å². The molecule has 0 aliphatic rings. The van der Waals surface area contributed by atoms with Crippen molar-refractivity contribution in [2.45, 2.75) is 32.2 Å². The van der Waals surface area contributed by atoms with Crippen LogP contribution in [-0.2, 0) is 16.6 Å². The van der Waals surface area contributed by atoms with Gasteiger partial charge in [-0.05, 0) is 30.7 Å². The third kappa shape index (κ3) is 4.69. The van der Waals surface area contributed by atoms with Gasteiger partial charge in [-0.25, -0.2) is 13.4 Å². The number of carbonyl (C=O) groups is 1. The van der Waals surface area contributed by atoms with E-state index in [2.05, 4.69) is 10.3 Å². The normalized spacial score (nSPS) is 11.5. The first-order chi connectivity index (χ1) is 13.2. The van der Waals surface area contributed by atoms with Gasteiger partial charge in [-0.1, -0.05) is 26.0 Å². The zero-order valence-electron chi connectivity index (χ0n) is 17.1. The topological polar surface area (TPSA) is 82.6 Å². The monoisotopic (exact) mass is 404 g/mol. The second kappa shape index (κ2) is 9.16. The maximum Gasteiger partial charge on any atom is 0.251 e. The zero-order valence-corrected chi connectivity index (χ0v) is 17.9. The number of nitrogens with one attached hydrogen (secondary N) is 1. The molecule has 2 rings (SSSR count). The van der Waals surface area contributed by atoms with Gasteiger partial charge >= 0.3 is 0 Å². The number of anilines is 1. The molecule has 0 atom stereocenters. The number of nitrogens with zero attached hydrogens (tertiary/aromatic N) is 3. The van der Waals surface area contributed by atoms with Crippen molar-refractivity contribution >= 4 is 21.7 Å². The highest BCUT2D eigenvalue weighted by Gasteiger charge is 2.23. The molecule has 1 amide bonds. The van der Waals surface area contributed by atoms with Crippen LogP contribution in [0.15, 0.2) is 41.4 Å². The molecule has 0 spiro atoms. The summed E-state index contributed by atoms with van der Waals surface area (Å²) in [4.78, 5) is 19.1. The van der Waals surface area contributed by atoms with Crippen LogP contribution in [0.3, 0.4) is 0 Å². The summed E-state index contributed by atoms with van der Waals surface area (Å²) in [7, 11) is 0.154. The molecule has 0 aliphatic carbocycles. The van der Waals surface area contributed by atoms with E-state index in [1.807, 2.05) is 31.1 Å². The molecule has 8 heteroatoms. The fraction of sp³-hybridized carbons (Fsp3) is 0.400.